The maximum absolute atomic E-state index is 11.8. The second kappa shape index (κ2) is 7.36. The van der Waals surface area contributed by atoms with Crippen LogP contribution in [0.25, 0.3) is 0 Å². The lowest BCUT2D eigenvalue weighted by atomic mass is 9.94. The van der Waals surface area contributed by atoms with Gasteiger partial charge in [0, 0.05) is 18.5 Å². The van der Waals surface area contributed by atoms with Gasteiger partial charge in [0.1, 0.15) is 0 Å². The van der Waals surface area contributed by atoms with Gasteiger partial charge in [0.05, 0.1) is 5.92 Å². The molecule has 1 amide bonds. The minimum absolute atomic E-state index is 0.123. The summed E-state index contributed by atoms with van der Waals surface area (Å²) >= 11 is 0. The molecule has 1 aliphatic carbocycles. The molecule has 18 heavy (non-hydrogen) atoms. The van der Waals surface area contributed by atoms with Gasteiger partial charge in [-0.1, -0.05) is 26.2 Å². The van der Waals surface area contributed by atoms with Crippen molar-refractivity contribution < 1.29 is 14.7 Å². The maximum atomic E-state index is 11.8. The molecule has 0 bridgehead atoms. The quantitative estimate of drug-likeness (QED) is 0.646. The zero-order chi connectivity index (χ0) is 13.5. The molecule has 0 aromatic heterocycles. The molecule has 4 N–H and O–H groups in total. The number of hydrogen-bond acceptors (Lipinski definition) is 3. The average Bonchev–Trinajstić information content (AvgIpc) is 2.54. The zero-order valence-corrected chi connectivity index (χ0v) is 11.0. The topological polar surface area (TPSA) is 92.4 Å². The van der Waals surface area contributed by atoms with Gasteiger partial charge >= 0.3 is 5.97 Å². The summed E-state index contributed by atoms with van der Waals surface area (Å²) in [5.74, 6) is -1.38. The summed E-state index contributed by atoms with van der Waals surface area (Å²) in [6, 6.07) is -0.374. The van der Waals surface area contributed by atoms with Gasteiger partial charge in [-0.2, -0.15) is 0 Å². The third-order valence-corrected chi connectivity index (χ3v) is 3.65. The lowest BCUT2D eigenvalue weighted by Gasteiger charge is -2.23. The van der Waals surface area contributed by atoms with E-state index < -0.39 is 11.9 Å². The molecule has 0 heterocycles. The fourth-order valence-corrected chi connectivity index (χ4v) is 2.42. The summed E-state index contributed by atoms with van der Waals surface area (Å²) in [5, 5.41) is 12.1. The van der Waals surface area contributed by atoms with Crippen LogP contribution in [0, 0.1) is 5.92 Å². The molecule has 0 radical (unpaired) electrons. The Morgan fingerprint density at radius 2 is 2.00 bits per heavy atom. The molecule has 0 aliphatic heterocycles. The van der Waals surface area contributed by atoms with Crippen molar-refractivity contribution in [3.05, 3.63) is 0 Å². The number of nitrogens with two attached hydrogens (primary N) is 1. The van der Waals surface area contributed by atoms with Gasteiger partial charge in [0.15, 0.2) is 0 Å². The number of nitrogens with one attached hydrogen (secondary N) is 1. The molecular weight excluding hydrogens is 232 g/mol. The number of carbonyl (C=O) groups excluding carboxylic acids is 1. The number of carboxylic acids is 1. The molecule has 0 aromatic rings. The fraction of sp³-hybridized carbons (Fsp3) is 0.846. The summed E-state index contributed by atoms with van der Waals surface area (Å²) < 4.78 is 0. The molecule has 5 nitrogen and oxygen atoms in total. The summed E-state index contributed by atoms with van der Waals surface area (Å²) in [6.45, 7) is 1.93. The number of aliphatic carboxylic acids is 1. The van der Waals surface area contributed by atoms with E-state index in [1.54, 1.807) is 0 Å². The Morgan fingerprint density at radius 3 is 2.61 bits per heavy atom. The maximum Gasteiger partial charge on any atom is 0.308 e. The van der Waals surface area contributed by atoms with E-state index in [0.29, 0.717) is 6.42 Å². The highest BCUT2D eigenvalue weighted by atomic mass is 16.4. The normalized spacial score (nSPS) is 26.1. The van der Waals surface area contributed by atoms with Crippen LogP contribution >= 0.6 is 0 Å². The van der Waals surface area contributed by atoms with Crippen LogP contribution in [0.2, 0.25) is 0 Å². The van der Waals surface area contributed by atoms with Crippen molar-refractivity contribution >= 4 is 11.9 Å². The predicted octanol–water partition coefficient (Wildman–Crippen LogP) is 1.26. The predicted molar refractivity (Wildman–Crippen MR) is 69.0 cm³/mol. The summed E-state index contributed by atoms with van der Waals surface area (Å²) in [4.78, 5) is 23.0. The highest BCUT2D eigenvalue weighted by molar-refractivity contribution is 5.78. The van der Waals surface area contributed by atoms with E-state index in [9.17, 15) is 14.7 Å². The summed E-state index contributed by atoms with van der Waals surface area (Å²) in [5.41, 5.74) is 5.73. The third kappa shape index (κ3) is 4.64. The molecule has 3 atom stereocenters. The van der Waals surface area contributed by atoms with Gasteiger partial charge in [0.25, 0.3) is 0 Å². The highest BCUT2D eigenvalue weighted by Crippen LogP contribution is 2.23. The monoisotopic (exact) mass is 256 g/mol. The minimum atomic E-state index is -0.804. The SMILES string of the molecule is CCC(N)CC(=O)NC1CCCCCC1C(=O)O. The van der Waals surface area contributed by atoms with Crippen molar-refractivity contribution in [2.75, 3.05) is 0 Å². The Hall–Kier alpha value is -1.10. The second-order valence-electron chi connectivity index (χ2n) is 5.13. The van der Waals surface area contributed by atoms with E-state index in [2.05, 4.69) is 5.32 Å². The van der Waals surface area contributed by atoms with Crippen LogP contribution in [0.3, 0.4) is 0 Å². The van der Waals surface area contributed by atoms with Crippen molar-refractivity contribution in [3.63, 3.8) is 0 Å². The van der Waals surface area contributed by atoms with Gasteiger partial charge in [0.2, 0.25) is 5.91 Å². The van der Waals surface area contributed by atoms with Crippen molar-refractivity contribution in [1.82, 2.24) is 5.32 Å². The van der Waals surface area contributed by atoms with Crippen LogP contribution in [0.5, 0.6) is 0 Å². The zero-order valence-electron chi connectivity index (χ0n) is 11.0. The summed E-state index contributed by atoms with van der Waals surface area (Å²) in [7, 11) is 0. The molecule has 1 aliphatic rings. The van der Waals surface area contributed by atoms with Gasteiger partial charge in [-0.05, 0) is 19.3 Å². The van der Waals surface area contributed by atoms with Crippen LogP contribution in [0.1, 0.15) is 51.9 Å². The minimum Gasteiger partial charge on any atom is -0.481 e. The molecule has 104 valence electrons. The van der Waals surface area contributed by atoms with E-state index in [-0.39, 0.29) is 24.4 Å². The average molecular weight is 256 g/mol. The van der Waals surface area contributed by atoms with E-state index in [4.69, 9.17) is 5.73 Å². The van der Waals surface area contributed by atoms with Gasteiger partial charge < -0.3 is 16.2 Å². The second-order valence-corrected chi connectivity index (χ2v) is 5.13. The Bertz CT molecular complexity index is 294. The standard InChI is InChI=1S/C13H24N2O3/c1-2-9(14)8-12(16)15-11-7-5-3-4-6-10(11)13(17)18/h9-11H,2-8,14H2,1H3,(H,15,16)(H,17,18). The van der Waals surface area contributed by atoms with E-state index in [0.717, 1.165) is 32.1 Å². The van der Waals surface area contributed by atoms with Gasteiger partial charge in [-0.3, -0.25) is 9.59 Å². The Labute approximate surface area is 108 Å². The van der Waals surface area contributed by atoms with E-state index >= 15 is 0 Å². The van der Waals surface area contributed by atoms with Crippen LogP contribution in [0.15, 0.2) is 0 Å². The highest BCUT2D eigenvalue weighted by Gasteiger charge is 2.30. The van der Waals surface area contributed by atoms with Gasteiger partial charge in [-0.25, -0.2) is 0 Å². The number of carboxylic acid groups (broad SMARTS) is 1. The Kier molecular flexibility index (Phi) is 6.12. The lowest BCUT2D eigenvalue weighted by molar-refractivity contribution is -0.143. The van der Waals surface area contributed by atoms with Crippen LogP contribution in [-0.2, 0) is 9.59 Å². The largest absolute Gasteiger partial charge is 0.481 e. The smallest absolute Gasteiger partial charge is 0.308 e. The molecule has 0 saturated heterocycles. The Balaban J connectivity index is 2.55. The molecule has 0 spiro atoms. The summed E-state index contributed by atoms with van der Waals surface area (Å²) in [6.07, 6.45) is 5.39. The molecule has 0 aromatic carbocycles. The van der Waals surface area contributed by atoms with Crippen LogP contribution < -0.4 is 11.1 Å². The van der Waals surface area contributed by atoms with Crippen molar-refractivity contribution in [1.29, 1.82) is 0 Å². The Morgan fingerprint density at radius 1 is 1.33 bits per heavy atom. The molecular formula is C13H24N2O3. The number of rotatable bonds is 5. The number of amides is 1. The first-order valence-corrected chi connectivity index (χ1v) is 6.82. The molecule has 1 rings (SSSR count). The first-order chi connectivity index (χ1) is 8.54. The molecule has 1 saturated carbocycles. The van der Waals surface area contributed by atoms with Crippen molar-refractivity contribution in [2.45, 2.75) is 64.0 Å². The third-order valence-electron chi connectivity index (χ3n) is 3.65. The first kappa shape index (κ1) is 15.0. The first-order valence-electron chi connectivity index (χ1n) is 6.82. The number of carbonyl (C=O) groups is 2. The number of hydrogen-bond donors (Lipinski definition) is 3. The van der Waals surface area contributed by atoms with Crippen molar-refractivity contribution in [3.8, 4) is 0 Å². The van der Waals surface area contributed by atoms with Crippen LogP contribution in [0.4, 0.5) is 0 Å². The van der Waals surface area contributed by atoms with E-state index in [1.165, 1.54) is 0 Å². The molecule has 1 fully saturated rings. The van der Waals surface area contributed by atoms with E-state index in [1.807, 2.05) is 6.92 Å². The van der Waals surface area contributed by atoms with Crippen LogP contribution in [-0.4, -0.2) is 29.1 Å². The molecule has 5 heteroatoms. The fourth-order valence-electron chi connectivity index (χ4n) is 2.42. The lowest BCUT2D eigenvalue weighted by Crippen LogP contribution is -2.44. The van der Waals surface area contributed by atoms with Gasteiger partial charge in [-0.15, -0.1) is 0 Å². The molecule has 3 unspecified atom stereocenters. The van der Waals surface area contributed by atoms with Crippen molar-refractivity contribution in [2.24, 2.45) is 11.7 Å².